The van der Waals surface area contributed by atoms with Crippen molar-refractivity contribution in [2.45, 2.75) is 11.0 Å². The van der Waals surface area contributed by atoms with Gasteiger partial charge in [0.05, 0.1) is 12.7 Å². The molecular formula is C14H22N2OS. The molecule has 1 N–H and O–H groups in total. The van der Waals surface area contributed by atoms with E-state index >= 15 is 0 Å². The highest BCUT2D eigenvalue weighted by atomic mass is 32.2. The average Bonchev–Trinajstić information content (AvgIpc) is 2.40. The van der Waals surface area contributed by atoms with E-state index in [1.165, 1.54) is 4.90 Å². The van der Waals surface area contributed by atoms with E-state index in [1.807, 2.05) is 11.8 Å². The molecule has 0 aromatic heterocycles. The lowest BCUT2D eigenvalue weighted by atomic mass is 10.3. The summed E-state index contributed by atoms with van der Waals surface area (Å²) in [5, 5.41) is 3.47. The number of ether oxygens (including phenoxy) is 1. The monoisotopic (exact) mass is 266 g/mol. The number of likely N-dealkylation sites (N-methyl/N-ethyl adjacent to an activating group) is 1. The molecule has 1 aliphatic heterocycles. The molecule has 0 bridgehead atoms. The van der Waals surface area contributed by atoms with Crippen molar-refractivity contribution in [3.8, 4) is 0 Å². The van der Waals surface area contributed by atoms with Gasteiger partial charge in [-0.2, -0.15) is 0 Å². The summed E-state index contributed by atoms with van der Waals surface area (Å²) in [6, 6.07) is 10.5. The van der Waals surface area contributed by atoms with Gasteiger partial charge in [-0.15, -0.1) is 11.8 Å². The lowest BCUT2D eigenvalue weighted by molar-refractivity contribution is -0.0177. The molecule has 1 atom stereocenters. The summed E-state index contributed by atoms with van der Waals surface area (Å²) in [4.78, 5) is 3.67. The molecule has 1 aromatic carbocycles. The number of benzene rings is 1. The molecule has 0 radical (unpaired) electrons. The minimum absolute atomic E-state index is 0.352. The Morgan fingerprint density at radius 2 is 2.22 bits per heavy atom. The fourth-order valence-electron chi connectivity index (χ4n) is 2.01. The first-order valence-corrected chi connectivity index (χ1v) is 7.52. The van der Waals surface area contributed by atoms with Gasteiger partial charge in [0.15, 0.2) is 0 Å². The van der Waals surface area contributed by atoms with E-state index in [1.54, 1.807) is 0 Å². The zero-order chi connectivity index (χ0) is 12.6. The second-order valence-electron chi connectivity index (χ2n) is 4.62. The van der Waals surface area contributed by atoms with Crippen LogP contribution < -0.4 is 5.32 Å². The van der Waals surface area contributed by atoms with Gasteiger partial charge < -0.3 is 15.0 Å². The Balaban J connectivity index is 1.53. The van der Waals surface area contributed by atoms with Crippen molar-refractivity contribution in [3.05, 3.63) is 30.3 Å². The van der Waals surface area contributed by atoms with E-state index in [4.69, 9.17) is 4.74 Å². The van der Waals surface area contributed by atoms with E-state index in [9.17, 15) is 0 Å². The van der Waals surface area contributed by atoms with Gasteiger partial charge in [0, 0.05) is 36.8 Å². The zero-order valence-electron chi connectivity index (χ0n) is 11.0. The Bertz CT molecular complexity index is 334. The average molecular weight is 266 g/mol. The number of hydrogen-bond acceptors (Lipinski definition) is 4. The summed E-state index contributed by atoms with van der Waals surface area (Å²) in [5.41, 5.74) is 0. The van der Waals surface area contributed by atoms with E-state index < -0.39 is 0 Å². The van der Waals surface area contributed by atoms with E-state index in [2.05, 4.69) is 47.6 Å². The minimum atomic E-state index is 0.352. The minimum Gasteiger partial charge on any atom is -0.374 e. The third-order valence-corrected chi connectivity index (χ3v) is 4.02. The summed E-state index contributed by atoms with van der Waals surface area (Å²) in [7, 11) is 2.15. The van der Waals surface area contributed by atoms with Crippen molar-refractivity contribution < 1.29 is 4.74 Å². The highest BCUT2D eigenvalue weighted by molar-refractivity contribution is 7.99. The summed E-state index contributed by atoms with van der Waals surface area (Å²) in [6.07, 6.45) is 0.352. The Morgan fingerprint density at radius 1 is 1.39 bits per heavy atom. The molecule has 2 rings (SSSR count). The molecule has 1 unspecified atom stereocenters. The third-order valence-electron chi connectivity index (χ3n) is 3.00. The molecule has 1 saturated heterocycles. The largest absolute Gasteiger partial charge is 0.374 e. The van der Waals surface area contributed by atoms with Crippen molar-refractivity contribution in [3.63, 3.8) is 0 Å². The van der Waals surface area contributed by atoms with Gasteiger partial charge in [0.2, 0.25) is 0 Å². The first-order valence-electron chi connectivity index (χ1n) is 6.53. The smallest absolute Gasteiger partial charge is 0.0826 e. The van der Waals surface area contributed by atoms with Crippen LogP contribution in [0.2, 0.25) is 0 Å². The molecule has 4 heteroatoms. The number of hydrogen-bond donors (Lipinski definition) is 1. The van der Waals surface area contributed by atoms with Gasteiger partial charge in [-0.3, -0.25) is 0 Å². The number of nitrogens with one attached hydrogen (secondary N) is 1. The lowest BCUT2D eigenvalue weighted by Gasteiger charge is -2.30. The van der Waals surface area contributed by atoms with Crippen molar-refractivity contribution >= 4 is 11.8 Å². The third kappa shape index (κ3) is 4.98. The fraction of sp³-hybridized carbons (Fsp3) is 0.571. The Hall–Kier alpha value is -0.550. The summed E-state index contributed by atoms with van der Waals surface area (Å²) in [6.45, 7) is 4.95. The molecule has 0 amide bonds. The van der Waals surface area contributed by atoms with Crippen molar-refractivity contribution in [1.29, 1.82) is 0 Å². The maximum absolute atomic E-state index is 5.70. The van der Waals surface area contributed by atoms with Crippen LogP contribution in [-0.2, 0) is 4.74 Å². The first kappa shape index (κ1) is 13.9. The van der Waals surface area contributed by atoms with Crippen LogP contribution in [0.1, 0.15) is 0 Å². The molecule has 100 valence electrons. The summed E-state index contributed by atoms with van der Waals surface area (Å²) in [5.74, 6) is 1.10. The topological polar surface area (TPSA) is 24.5 Å². The van der Waals surface area contributed by atoms with Gasteiger partial charge in [-0.1, -0.05) is 18.2 Å². The molecule has 3 nitrogen and oxygen atoms in total. The SMILES string of the molecule is CN1CCOC(CNCCSc2ccccc2)C1. The standard InChI is InChI=1S/C14H22N2OS/c1-16-8-9-17-13(12-16)11-15-7-10-18-14-5-3-2-4-6-14/h2-6,13,15H,7-12H2,1H3. The van der Waals surface area contributed by atoms with Gasteiger partial charge in [-0.05, 0) is 19.2 Å². The lowest BCUT2D eigenvalue weighted by Crippen LogP contribution is -2.45. The molecular weight excluding hydrogens is 244 g/mol. The van der Waals surface area contributed by atoms with Crippen molar-refractivity contribution in [2.24, 2.45) is 0 Å². The van der Waals surface area contributed by atoms with Crippen molar-refractivity contribution in [2.75, 3.05) is 45.6 Å². The van der Waals surface area contributed by atoms with Gasteiger partial charge in [0.1, 0.15) is 0 Å². The van der Waals surface area contributed by atoms with Gasteiger partial charge in [0.25, 0.3) is 0 Å². The Kier molecular flexibility index (Phi) is 6.00. The van der Waals surface area contributed by atoms with E-state index in [0.717, 1.165) is 38.5 Å². The quantitative estimate of drug-likeness (QED) is 0.626. The van der Waals surface area contributed by atoms with Crippen LogP contribution in [0.4, 0.5) is 0 Å². The maximum Gasteiger partial charge on any atom is 0.0826 e. The van der Waals surface area contributed by atoms with Crippen molar-refractivity contribution in [1.82, 2.24) is 10.2 Å². The molecule has 1 fully saturated rings. The van der Waals surface area contributed by atoms with Crippen LogP contribution in [0.5, 0.6) is 0 Å². The molecule has 1 heterocycles. The van der Waals surface area contributed by atoms with Crippen LogP contribution in [0.15, 0.2) is 35.2 Å². The predicted octanol–water partition coefficient (Wildman–Crippen LogP) is 1.70. The predicted molar refractivity (Wildman–Crippen MR) is 77.3 cm³/mol. The van der Waals surface area contributed by atoms with Crippen LogP contribution in [-0.4, -0.2) is 56.6 Å². The summed E-state index contributed by atoms with van der Waals surface area (Å²) < 4.78 is 5.70. The second-order valence-corrected chi connectivity index (χ2v) is 5.79. The molecule has 1 aliphatic rings. The van der Waals surface area contributed by atoms with Crippen LogP contribution in [0.3, 0.4) is 0 Å². The van der Waals surface area contributed by atoms with Gasteiger partial charge in [-0.25, -0.2) is 0 Å². The van der Waals surface area contributed by atoms with Gasteiger partial charge >= 0.3 is 0 Å². The zero-order valence-corrected chi connectivity index (χ0v) is 11.8. The van der Waals surface area contributed by atoms with E-state index in [0.29, 0.717) is 6.10 Å². The fourth-order valence-corrected chi connectivity index (χ4v) is 2.84. The highest BCUT2D eigenvalue weighted by Gasteiger charge is 2.16. The molecule has 0 aliphatic carbocycles. The molecule has 18 heavy (non-hydrogen) atoms. The maximum atomic E-state index is 5.70. The Morgan fingerprint density at radius 3 is 3.00 bits per heavy atom. The molecule has 1 aromatic rings. The number of thioether (sulfide) groups is 1. The second kappa shape index (κ2) is 7.79. The van der Waals surface area contributed by atoms with Crippen LogP contribution in [0, 0.1) is 0 Å². The van der Waals surface area contributed by atoms with Crippen LogP contribution in [0.25, 0.3) is 0 Å². The first-order chi connectivity index (χ1) is 8.84. The Labute approximate surface area is 114 Å². The molecule has 0 spiro atoms. The molecule has 0 saturated carbocycles. The van der Waals surface area contributed by atoms with E-state index in [-0.39, 0.29) is 0 Å². The highest BCUT2D eigenvalue weighted by Crippen LogP contribution is 2.15. The van der Waals surface area contributed by atoms with Crippen LogP contribution >= 0.6 is 11.8 Å². The number of nitrogens with zero attached hydrogens (tertiary/aromatic N) is 1. The normalized spacial score (nSPS) is 21.1. The number of rotatable bonds is 6. The summed E-state index contributed by atoms with van der Waals surface area (Å²) >= 11 is 1.89. The number of morpholine rings is 1.